The Labute approximate surface area is 89.2 Å². The lowest BCUT2D eigenvalue weighted by Gasteiger charge is -1.96. The number of rotatable bonds is 1. The van der Waals surface area contributed by atoms with Crippen molar-refractivity contribution < 1.29 is 9.90 Å². The SMILES string of the molecule is O=C([O-])c1cc2ccc(Cl)c(Cl)c2[nH]1. The van der Waals surface area contributed by atoms with E-state index < -0.39 is 5.97 Å². The maximum absolute atomic E-state index is 10.5. The second-order valence-corrected chi connectivity index (χ2v) is 3.58. The number of carbonyl (C=O) groups excluding carboxylic acids is 1. The number of H-pyrrole nitrogens is 1. The van der Waals surface area contributed by atoms with E-state index in [0.717, 1.165) is 0 Å². The number of carboxylic acids is 1. The maximum Gasteiger partial charge on any atom is 0.0878 e. The van der Waals surface area contributed by atoms with E-state index in [1.54, 1.807) is 12.1 Å². The molecule has 0 amide bonds. The molecule has 1 heterocycles. The first kappa shape index (κ1) is 9.37. The molecule has 0 unspecified atom stereocenters. The highest BCUT2D eigenvalue weighted by Crippen LogP contribution is 2.30. The molecule has 1 N–H and O–H groups in total. The lowest BCUT2D eigenvalue weighted by Crippen LogP contribution is -2.22. The van der Waals surface area contributed by atoms with Crippen LogP contribution in [0.4, 0.5) is 0 Å². The predicted octanol–water partition coefficient (Wildman–Crippen LogP) is 1.84. The van der Waals surface area contributed by atoms with Crippen LogP contribution in [0.5, 0.6) is 0 Å². The van der Waals surface area contributed by atoms with E-state index >= 15 is 0 Å². The number of aromatic amines is 1. The van der Waals surface area contributed by atoms with Gasteiger partial charge in [0.15, 0.2) is 0 Å². The molecule has 14 heavy (non-hydrogen) atoms. The lowest BCUT2D eigenvalue weighted by molar-refractivity contribution is -0.255. The smallest absolute Gasteiger partial charge is 0.0878 e. The monoisotopic (exact) mass is 228 g/mol. The summed E-state index contributed by atoms with van der Waals surface area (Å²) < 4.78 is 0. The van der Waals surface area contributed by atoms with Crippen LogP contribution >= 0.6 is 23.2 Å². The molecule has 0 fully saturated rings. The molecular weight excluding hydrogens is 225 g/mol. The van der Waals surface area contributed by atoms with Crippen LogP contribution in [0.3, 0.4) is 0 Å². The Morgan fingerprint density at radius 2 is 2.07 bits per heavy atom. The van der Waals surface area contributed by atoms with Gasteiger partial charge in [-0.2, -0.15) is 0 Å². The number of fused-ring (bicyclic) bond motifs is 1. The number of halogens is 2. The molecule has 0 aliphatic carbocycles. The molecule has 2 aromatic rings. The van der Waals surface area contributed by atoms with Crippen LogP contribution in [0, 0.1) is 0 Å². The molecule has 0 spiro atoms. The summed E-state index contributed by atoms with van der Waals surface area (Å²) in [5.41, 5.74) is 0.502. The second kappa shape index (κ2) is 3.19. The summed E-state index contributed by atoms with van der Waals surface area (Å²) in [7, 11) is 0. The van der Waals surface area contributed by atoms with Crippen LogP contribution in [0.1, 0.15) is 10.5 Å². The molecule has 1 aromatic carbocycles. The average molecular weight is 229 g/mol. The van der Waals surface area contributed by atoms with Gasteiger partial charge in [0.25, 0.3) is 0 Å². The van der Waals surface area contributed by atoms with E-state index in [-0.39, 0.29) is 5.69 Å². The van der Waals surface area contributed by atoms with Gasteiger partial charge in [0.2, 0.25) is 0 Å². The van der Waals surface area contributed by atoms with E-state index in [0.29, 0.717) is 20.9 Å². The van der Waals surface area contributed by atoms with Gasteiger partial charge in [-0.1, -0.05) is 29.3 Å². The Morgan fingerprint density at radius 1 is 1.36 bits per heavy atom. The van der Waals surface area contributed by atoms with Crippen LogP contribution in [-0.2, 0) is 0 Å². The van der Waals surface area contributed by atoms with E-state index in [4.69, 9.17) is 23.2 Å². The van der Waals surface area contributed by atoms with Crippen molar-refractivity contribution in [3.63, 3.8) is 0 Å². The van der Waals surface area contributed by atoms with Crippen molar-refractivity contribution in [1.82, 2.24) is 4.98 Å². The molecule has 0 atom stereocenters. The van der Waals surface area contributed by atoms with Crippen molar-refractivity contribution in [1.29, 1.82) is 0 Å². The highest BCUT2D eigenvalue weighted by Gasteiger charge is 2.07. The van der Waals surface area contributed by atoms with Gasteiger partial charge >= 0.3 is 0 Å². The quantitative estimate of drug-likeness (QED) is 0.810. The summed E-state index contributed by atoms with van der Waals surface area (Å²) in [5, 5.41) is 11.9. The number of nitrogens with one attached hydrogen (secondary N) is 1. The zero-order valence-corrected chi connectivity index (χ0v) is 8.32. The first-order chi connectivity index (χ1) is 6.59. The average Bonchev–Trinajstić information content (AvgIpc) is 2.56. The first-order valence-corrected chi connectivity index (χ1v) is 4.53. The summed E-state index contributed by atoms with van der Waals surface area (Å²) in [5.74, 6) is -1.27. The van der Waals surface area contributed by atoms with Crippen molar-refractivity contribution in [2.24, 2.45) is 0 Å². The topological polar surface area (TPSA) is 55.9 Å². The lowest BCUT2D eigenvalue weighted by atomic mass is 10.2. The minimum atomic E-state index is -1.27. The molecule has 72 valence electrons. The molecule has 0 aliphatic rings. The van der Waals surface area contributed by atoms with E-state index in [9.17, 15) is 9.90 Å². The Balaban J connectivity index is 2.77. The van der Waals surface area contributed by atoms with Gasteiger partial charge in [-0.25, -0.2) is 0 Å². The summed E-state index contributed by atoms with van der Waals surface area (Å²) in [6.07, 6.45) is 0. The number of carbonyl (C=O) groups is 1. The Hall–Kier alpha value is -1.19. The Kier molecular flexibility index (Phi) is 2.13. The minimum absolute atomic E-state index is 0.0100. The largest absolute Gasteiger partial charge is 0.543 e. The fourth-order valence-corrected chi connectivity index (χ4v) is 1.63. The molecule has 1 aromatic heterocycles. The number of hydrogen-bond donors (Lipinski definition) is 1. The van der Waals surface area contributed by atoms with Crippen molar-refractivity contribution in [2.75, 3.05) is 0 Å². The highest BCUT2D eigenvalue weighted by molar-refractivity contribution is 6.45. The van der Waals surface area contributed by atoms with E-state index in [2.05, 4.69) is 4.98 Å². The molecule has 0 aliphatic heterocycles. The van der Waals surface area contributed by atoms with Crippen LogP contribution in [0.25, 0.3) is 10.9 Å². The standard InChI is InChI=1S/C9H5Cl2NO2/c10-5-2-1-4-3-6(9(13)14)12-8(4)7(5)11/h1-3,12H,(H,13,14)/p-1. The highest BCUT2D eigenvalue weighted by atomic mass is 35.5. The molecule has 2 rings (SSSR count). The van der Waals surface area contributed by atoms with Crippen molar-refractivity contribution in [3.05, 3.63) is 33.9 Å². The van der Waals surface area contributed by atoms with E-state index in [1.807, 2.05) is 0 Å². The van der Waals surface area contributed by atoms with Gasteiger partial charge in [0.1, 0.15) is 0 Å². The van der Waals surface area contributed by atoms with Gasteiger partial charge < -0.3 is 14.9 Å². The third kappa shape index (κ3) is 1.35. The van der Waals surface area contributed by atoms with Gasteiger partial charge in [-0.05, 0) is 12.1 Å². The fourth-order valence-electron chi connectivity index (χ4n) is 1.25. The Morgan fingerprint density at radius 3 is 2.71 bits per heavy atom. The molecule has 0 saturated heterocycles. The molecule has 5 heteroatoms. The van der Waals surface area contributed by atoms with Gasteiger partial charge in [0.05, 0.1) is 27.2 Å². The third-order valence-corrected chi connectivity index (χ3v) is 2.71. The second-order valence-electron chi connectivity index (χ2n) is 2.80. The van der Waals surface area contributed by atoms with E-state index in [1.165, 1.54) is 6.07 Å². The van der Waals surface area contributed by atoms with Crippen LogP contribution < -0.4 is 5.11 Å². The zero-order chi connectivity index (χ0) is 10.3. The predicted molar refractivity (Wildman–Crippen MR) is 52.6 cm³/mol. The van der Waals surface area contributed by atoms with Crippen LogP contribution in [0.15, 0.2) is 18.2 Å². The van der Waals surface area contributed by atoms with Crippen LogP contribution in [0.2, 0.25) is 10.0 Å². The maximum atomic E-state index is 10.5. The molecular formula is C9H4Cl2NO2-. The number of aromatic carboxylic acids is 1. The van der Waals surface area contributed by atoms with Crippen molar-refractivity contribution in [2.45, 2.75) is 0 Å². The van der Waals surface area contributed by atoms with Gasteiger partial charge in [-0.3, -0.25) is 0 Å². The molecule has 0 saturated carbocycles. The summed E-state index contributed by atoms with van der Waals surface area (Å²) in [4.78, 5) is 13.2. The van der Waals surface area contributed by atoms with Crippen molar-refractivity contribution in [3.8, 4) is 0 Å². The fraction of sp³-hybridized carbons (Fsp3) is 0. The normalized spacial score (nSPS) is 10.7. The Bertz CT molecular complexity index is 519. The summed E-state index contributed by atoms with van der Waals surface area (Å²) >= 11 is 11.6. The first-order valence-electron chi connectivity index (χ1n) is 3.77. The van der Waals surface area contributed by atoms with Crippen molar-refractivity contribution >= 4 is 40.1 Å². The summed E-state index contributed by atoms with van der Waals surface area (Å²) in [6, 6.07) is 4.75. The number of hydrogen-bond acceptors (Lipinski definition) is 2. The number of benzene rings is 1. The molecule has 0 bridgehead atoms. The van der Waals surface area contributed by atoms with Gasteiger partial charge in [0, 0.05) is 5.39 Å². The zero-order valence-electron chi connectivity index (χ0n) is 6.80. The summed E-state index contributed by atoms with van der Waals surface area (Å²) in [6.45, 7) is 0. The minimum Gasteiger partial charge on any atom is -0.543 e. The third-order valence-electron chi connectivity index (χ3n) is 1.91. The number of aromatic nitrogens is 1. The number of carboxylic acid groups (broad SMARTS) is 1. The van der Waals surface area contributed by atoms with Gasteiger partial charge in [-0.15, -0.1) is 0 Å². The van der Waals surface area contributed by atoms with Crippen LogP contribution in [-0.4, -0.2) is 11.0 Å². The molecule has 0 radical (unpaired) electrons. The molecule has 3 nitrogen and oxygen atoms in total.